The molecule has 0 aliphatic heterocycles. The molecule has 1 aromatic carbocycles. The molecule has 0 spiro atoms. The monoisotopic (exact) mass is 337 g/mol. The third-order valence-electron chi connectivity index (χ3n) is 3.00. The fourth-order valence-corrected chi connectivity index (χ4v) is 2.08. The number of ether oxygens (including phenoxy) is 1. The molecule has 1 aromatic heterocycles. The van der Waals surface area contributed by atoms with E-state index in [2.05, 4.69) is 4.99 Å². The normalized spacial score (nSPS) is 10.5. The van der Waals surface area contributed by atoms with Crippen molar-refractivity contribution in [3.05, 3.63) is 45.8 Å². The average Bonchev–Trinajstić information content (AvgIpc) is 2.53. The summed E-state index contributed by atoms with van der Waals surface area (Å²) in [6.07, 6.45) is 0.443. The number of nitrogens with zero attached hydrogens (tertiary/aromatic N) is 1. The van der Waals surface area contributed by atoms with Crippen LogP contribution in [0, 0.1) is 0 Å². The van der Waals surface area contributed by atoms with E-state index >= 15 is 0 Å². The van der Waals surface area contributed by atoms with Crippen molar-refractivity contribution in [2.75, 3.05) is 13.2 Å². The Kier molecular flexibility index (Phi) is 5.59. The number of fused-ring (bicyclic) bond motifs is 1. The first-order valence-corrected chi connectivity index (χ1v) is 7.40. The molecule has 0 amide bonds. The number of carbonyl (C=O) groups is 1. The summed E-state index contributed by atoms with van der Waals surface area (Å²) in [7, 11) is 0. The first kappa shape index (κ1) is 16.8. The van der Waals surface area contributed by atoms with Gasteiger partial charge in [0, 0.05) is 24.2 Å². The van der Waals surface area contributed by atoms with Crippen molar-refractivity contribution < 1.29 is 13.9 Å². The van der Waals surface area contributed by atoms with Crippen LogP contribution in [0.2, 0.25) is 0 Å². The summed E-state index contributed by atoms with van der Waals surface area (Å²) in [6, 6.07) is 6.58. The molecule has 7 nitrogen and oxygen atoms in total. The van der Waals surface area contributed by atoms with Crippen molar-refractivity contribution in [2.24, 2.45) is 16.5 Å². The van der Waals surface area contributed by atoms with Crippen LogP contribution >= 0.6 is 11.6 Å². The van der Waals surface area contributed by atoms with Crippen molar-refractivity contribution in [2.45, 2.75) is 12.3 Å². The van der Waals surface area contributed by atoms with Gasteiger partial charge in [-0.05, 0) is 23.8 Å². The number of carbonyl (C=O) groups excluding carboxylic acids is 1. The highest BCUT2D eigenvalue weighted by atomic mass is 35.5. The predicted octanol–water partition coefficient (Wildman–Crippen LogP) is 1.35. The summed E-state index contributed by atoms with van der Waals surface area (Å²) in [5.74, 6) is -0.456. The molecule has 0 radical (unpaired) electrons. The number of rotatable bonds is 6. The maximum absolute atomic E-state index is 12.0. The Morgan fingerprint density at radius 1 is 1.30 bits per heavy atom. The Bertz CT molecular complexity index is 797. The second-order valence-electron chi connectivity index (χ2n) is 4.75. The number of halogens is 1. The molecule has 0 aliphatic carbocycles. The van der Waals surface area contributed by atoms with E-state index in [1.165, 1.54) is 6.07 Å². The predicted molar refractivity (Wildman–Crippen MR) is 87.6 cm³/mol. The van der Waals surface area contributed by atoms with Crippen molar-refractivity contribution in [1.82, 2.24) is 0 Å². The van der Waals surface area contributed by atoms with E-state index in [0.717, 1.165) is 5.56 Å². The van der Waals surface area contributed by atoms with Gasteiger partial charge >= 0.3 is 11.6 Å². The minimum absolute atomic E-state index is 0.0263. The van der Waals surface area contributed by atoms with Crippen molar-refractivity contribution in [1.29, 1.82) is 0 Å². The van der Waals surface area contributed by atoms with Crippen LogP contribution in [0.1, 0.15) is 22.3 Å². The minimum Gasteiger partial charge on any atom is -0.462 e. The van der Waals surface area contributed by atoms with Gasteiger partial charge in [-0.1, -0.05) is 6.07 Å². The standard InChI is InChI=1S/C15H16ClN3O4/c16-8-9-2-3-12-10(6-9)7-11(14(21)23-12)13(20)22-5-1-4-19-15(17)18/h2-3,6-7H,1,4-5,8H2,(H4,17,18,19). The zero-order valence-corrected chi connectivity index (χ0v) is 13.0. The largest absolute Gasteiger partial charge is 0.462 e. The Balaban J connectivity index is 2.11. The average molecular weight is 338 g/mol. The lowest BCUT2D eigenvalue weighted by Gasteiger charge is -2.05. The molecule has 1 heterocycles. The van der Waals surface area contributed by atoms with Crippen LogP contribution in [0.5, 0.6) is 0 Å². The molecule has 122 valence electrons. The van der Waals surface area contributed by atoms with E-state index in [1.54, 1.807) is 18.2 Å². The lowest BCUT2D eigenvalue weighted by molar-refractivity contribution is 0.0498. The Morgan fingerprint density at radius 2 is 2.09 bits per heavy atom. The van der Waals surface area contributed by atoms with Gasteiger partial charge in [-0.25, -0.2) is 9.59 Å². The van der Waals surface area contributed by atoms with E-state index < -0.39 is 11.6 Å². The lowest BCUT2D eigenvalue weighted by atomic mass is 10.1. The van der Waals surface area contributed by atoms with Crippen LogP contribution in [0.25, 0.3) is 11.0 Å². The molecule has 0 unspecified atom stereocenters. The summed E-state index contributed by atoms with van der Waals surface area (Å²) in [4.78, 5) is 27.6. The van der Waals surface area contributed by atoms with E-state index in [4.69, 9.17) is 32.2 Å². The number of hydrogen-bond acceptors (Lipinski definition) is 5. The molecular formula is C15H16ClN3O4. The molecule has 2 aromatic rings. The summed E-state index contributed by atoms with van der Waals surface area (Å²) in [6.45, 7) is 0.426. The van der Waals surface area contributed by atoms with Crippen LogP contribution in [0.15, 0.2) is 38.5 Å². The molecule has 0 aliphatic rings. The first-order valence-electron chi connectivity index (χ1n) is 6.86. The molecule has 0 saturated carbocycles. The lowest BCUT2D eigenvalue weighted by Crippen LogP contribution is -2.23. The summed E-state index contributed by atoms with van der Waals surface area (Å²) in [5.41, 5.74) is 10.7. The molecule has 0 fully saturated rings. The molecule has 0 atom stereocenters. The van der Waals surface area contributed by atoms with Gasteiger partial charge in [-0.3, -0.25) is 4.99 Å². The van der Waals surface area contributed by atoms with E-state index in [-0.39, 0.29) is 18.1 Å². The molecule has 4 N–H and O–H groups in total. The maximum Gasteiger partial charge on any atom is 0.351 e. The zero-order chi connectivity index (χ0) is 16.8. The van der Waals surface area contributed by atoms with Gasteiger partial charge < -0.3 is 20.6 Å². The Morgan fingerprint density at radius 3 is 2.78 bits per heavy atom. The summed E-state index contributed by atoms with van der Waals surface area (Å²) >= 11 is 5.77. The van der Waals surface area contributed by atoms with E-state index in [9.17, 15) is 9.59 Å². The van der Waals surface area contributed by atoms with Crippen molar-refractivity contribution in [3.8, 4) is 0 Å². The number of aliphatic imine (C=N–C) groups is 1. The smallest absolute Gasteiger partial charge is 0.351 e. The summed E-state index contributed by atoms with van der Waals surface area (Å²) < 4.78 is 10.1. The molecular weight excluding hydrogens is 322 g/mol. The second-order valence-corrected chi connectivity index (χ2v) is 5.02. The van der Waals surface area contributed by atoms with Crippen LogP contribution < -0.4 is 17.1 Å². The highest BCUT2D eigenvalue weighted by molar-refractivity contribution is 6.17. The van der Waals surface area contributed by atoms with Gasteiger partial charge in [0.15, 0.2) is 5.96 Å². The van der Waals surface area contributed by atoms with E-state index in [1.807, 2.05) is 0 Å². The van der Waals surface area contributed by atoms with Gasteiger partial charge in [-0.15, -0.1) is 11.6 Å². The molecule has 0 saturated heterocycles. The Hall–Kier alpha value is -2.54. The number of esters is 1. The fourth-order valence-electron chi connectivity index (χ4n) is 1.91. The molecule has 0 bridgehead atoms. The van der Waals surface area contributed by atoms with Crippen molar-refractivity contribution >= 4 is 34.5 Å². The third-order valence-corrected chi connectivity index (χ3v) is 3.31. The van der Waals surface area contributed by atoms with Crippen LogP contribution in [-0.2, 0) is 10.6 Å². The molecule has 2 rings (SSSR count). The highest BCUT2D eigenvalue weighted by Gasteiger charge is 2.15. The highest BCUT2D eigenvalue weighted by Crippen LogP contribution is 2.17. The maximum atomic E-state index is 12.0. The quantitative estimate of drug-likeness (QED) is 0.205. The molecule has 8 heteroatoms. The Labute approximate surface area is 136 Å². The van der Waals surface area contributed by atoms with Crippen LogP contribution in [0.3, 0.4) is 0 Å². The van der Waals surface area contributed by atoms with Gasteiger partial charge in [0.2, 0.25) is 0 Å². The van der Waals surface area contributed by atoms with Crippen LogP contribution in [-0.4, -0.2) is 25.1 Å². The fraction of sp³-hybridized carbons (Fsp3) is 0.267. The third kappa shape index (κ3) is 4.46. The minimum atomic E-state index is -0.748. The van der Waals surface area contributed by atoms with Gasteiger partial charge in [-0.2, -0.15) is 0 Å². The number of nitrogens with two attached hydrogens (primary N) is 2. The SMILES string of the molecule is NC(N)=NCCCOC(=O)c1cc2cc(CCl)ccc2oc1=O. The summed E-state index contributed by atoms with van der Waals surface area (Å²) in [5, 5.41) is 0.607. The van der Waals surface area contributed by atoms with Crippen molar-refractivity contribution in [3.63, 3.8) is 0 Å². The number of benzene rings is 1. The second kappa shape index (κ2) is 7.64. The molecule has 23 heavy (non-hydrogen) atoms. The van der Waals surface area contributed by atoms with E-state index in [0.29, 0.717) is 29.8 Å². The van der Waals surface area contributed by atoms with Gasteiger partial charge in [0.1, 0.15) is 11.1 Å². The van der Waals surface area contributed by atoms with Gasteiger partial charge in [0.25, 0.3) is 0 Å². The number of hydrogen-bond donors (Lipinski definition) is 2. The first-order chi connectivity index (χ1) is 11.0. The number of alkyl halides is 1. The topological polar surface area (TPSA) is 121 Å². The van der Waals surface area contributed by atoms with Crippen LogP contribution in [0.4, 0.5) is 0 Å². The number of guanidine groups is 1. The zero-order valence-electron chi connectivity index (χ0n) is 12.3. The van der Waals surface area contributed by atoms with Gasteiger partial charge in [0.05, 0.1) is 6.61 Å².